The van der Waals surface area contributed by atoms with Crippen LogP contribution in [0.15, 0.2) is 18.2 Å². The van der Waals surface area contributed by atoms with E-state index in [-0.39, 0.29) is 0 Å². The Kier molecular flexibility index (Phi) is 4.39. The number of rotatable bonds is 5. The number of nitrogens with one attached hydrogen (secondary N) is 1. The minimum Gasteiger partial charge on any atom is -0.497 e. The lowest BCUT2D eigenvalue weighted by atomic mass is 10.2. The van der Waals surface area contributed by atoms with Crippen molar-refractivity contribution < 1.29 is 9.47 Å². The fraction of sp³-hybridized carbons (Fsp3) is 0.357. The third-order valence-electron chi connectivity index (χ3n) is 3.07. The first kappa shape index (κ1) is 14.5. The van der Waals surface area contributed by atoms with E-state index in [2.05, 4.69) is 10.4 Å². The number of hydrogen-bond donors (Lipinski definition) is 1. The monoisotopic (exact) mass is 295 g/mol. The number of ether oxygens (including phenoxy) is 2. The van der Waals surface area contributed by atoms with Crippen molar-refractivity contribution in [2.45, 2.75) is 13.5 Å². The quantitative estimate of drug-likeness (QED) is 0.921. The fourth-order valence-electron chi connectivity index (χ4n) is 1.97. The molecule has 0 amide bonds. The van der Waals surface area contributed by atoms with Crippen LogP contribution in [0, 0.1) is 6.92 Å². The molecule has 0 saturated heterocycles. The van der Waals surface area contributed by atoms with Crippen LogP contribution in [-0.4, -0.2) is 24.0 Å². The van der Waals surface area contributed by atoms with E-state index in [1.54, 1.807) is 18.9 Å². The minimum absolute atomic E-state index is 0.576. The maximum absolute atomic E-state index is 6.22. The molecule has 0 atom stereocenters. The van der Waals surface area contributed by atoms with Crippen LogP contribution in [0.4, 0.5) is 5.69 Å². The van der Waals surface area contributed by atoms with Gasteiger partial charge in [0.15, 0.2) is 0 Å². The second-order valence-corrected chi connectivity index (χ2v) is 4.80. The van der Waals surface area contributed by atoms with Gasteiger partial charge < -0.3 is 14.8 Å². The van der Waals surface area contributed by atoms with Gasteiger partial charge in [0, 0.05) is 30.9 Å². The summed E-state index contributed by atoms with van der Waals surface area (Å²) < 4.78 is 12.3. The number of hydrogen-bond acceptors (Lipinski definition) is 4. The Morgan fingerprint density at radius 1 is 1.20 bits per heavy atom. The van der Waals surface area contributed by atoms with Crippen molar-refractivity contribution >= 4 is 17.3 Å². The summed E-state index contributed by atoms with van der Waals surface area (Å²) in [5.74, 6) is 1.47. The molecule has 1 heterocycles. The molecule has 0 fully saturated rings. The van der Waals surface area contributed by atoms with Gasteiger partial charge in [-0.1, -0.05) is 11.6 Å². The molecule has 1 aromatic carbocycles. The molecule has 0 aliphatic rings. The first-order valence-corrected chi connectivity index (χ1v) is 6.58. The number of anilines is 1. The highest BCUT2D eigenvalue weighted by Gasteiger charge is 2.11. The van der Waals surface area contributed by atoms with E-state index in [4.69, 9.17) is 21.1 Å². The van der Waals surface area contributed by atoms with E-state index < -0.39 is 0 Å². The Labute approximate surface area is 123 Å². The van der Waals surface area contributed by atoms with Crippen LogP contribution in [0.1, 0.15) is 11.4 Å². The minimum atomic E-state index is 0.576. The third-order valence-corrected chi connectivity index (χ3v) is 3.56. The molecular weight excluding hydrogens is 278 g/mol. The highest BCUT2D eigenvalue weighted by atomic mass is 35.5. The molecule has 0 aliphatic carbocycles. The van der Waals surface area contributed by atoms with Gasteiger partial charge in [-0.25, -0.2) is 0 Å². The highest BCUT2D eigenvalue weighted by molar-refractivity contribution is 6.31. The molecule has 1 aromatic heterocycles. The summed E-state index contributed by atoms with van der Waals surface area (Å²) in [5, 5.41) is 8.28. The standard InChI is InChI=1S/C14H18ClN3O2/c1-9-14(15)13(18(2)17-9)8-16-10-5-11(19-3)7-12(6-10)20-4/h5-7,16H,8H2,1-4H3. The predicted octanol–water partition coefficient (Wildman–Crippen LogP) is 3.01. The first-order valence-electron chi connectivity index (χ1n) is 6.20. The molecule has 0 radical (unpaired) electrons. The summed E-state index contributed by atoms with van der Waals surface area (Å²) in [6.45, 7) is 2.47. The summed E-state index contributed by atoms with van der Waals surface area (Å²) in [7, 11) is 5.13. The molecule has 1 N–H and O–H groups in total. The van der Waals surface area contributed by atoms with Crippen molar-refractivity contribution in [3.8, 4) is 11.5 Å². The van der Waals surface area contributed by atoms with Gasteiger partial charge in [0.05, 0.1) is 37.2 Å². The van der Waals surface area contributed by atoms with E-state index >= 15 is 0 Å². The summed E-state index contributed by atoms with van der Waals surface area (Å²) in [4.78, 5) is 0. The zero-order valence-electron chi connectivity index (χ0n) is 12.0. The van der Waals surface area contributed by atoms with Crippen LogP contribution in [0.2, 0.25) is 5.02 Å². The second-order valence-electron chi connectivity index (χ2n) is 4.42. The van der Waals surface area contributed by atoms with Gasteiger partial charge in [0.2, 0.25) is 0 Å². The number of aromatic nitrogens is 2. The number of halogens is 1. The topological polar surface area (TPSA) is 48.3 Å². The van der Waals surface area contributed by atoms with Crippen molar-refractivity contribution in [1.82, 2.24) is 9.78 Å². The van der Waals surface area contributed by atoms with E-state index in [0.29, 0.717) is 11.6 Å². The van der Waals surface area contributed by atoms with Gasteiger partial charge in [-0.2, -0.15) is 5.10 Å². The fourth-order valence-corrected chi connectivity index (χ4v) is 2.19. The van der Waals surface area contributed by atoms with Gasteiger partial charge in [-0.3, -0.25) is 4.68 Å². The summed E-state index contributed by atoms with van der Waals surface area (Å²) in [6, 6.07) is 5.63. The van der Waals surface area contributed by atoms with Crippen LogP contribution in [0.5, 0.6) is 11.5 Å². The summed E-state index contributed by atoms with van der Waals surface area (Å²) in [6.07, 6.45) is 0. The van der Waals surface area contributed by atoms with Crippen LogP contribution in [0.25, 0.3) is 0 Å². The predicted molar refractivity (Wildman–Crippen MR) is 79.8 cm³/mol. The first-order chi connectivity index (χ1) is 9.55. The normalized spacial score (nSPS) is 10.4. The van der Waals surface area contributed by atoms with Crippen LogP contribution >= 0.6 is 11.6 Å². The largest absolute Gasteiger partial charge is 0.497 e. The maximum Gasteiger partial charge on any atom is 0.124 e. The molecule has 0 bridgehead atoms. The Balaban J connectivity index is 2.18. The lowest BCUT2D eigenvalue weighted by Gasteiger charge is -2.11. The van der Waals surface area contributed by atoms with E-state index in [1.165, 1.54) is 0 Å². The Morgan fingerprint density at radius 3 is 2.25 bits per heavy atom. The van der Waals surface area contributed by atoms with Gasteiger partial charge in [-0.15, -0.1) is 0 Å². The number of benzene rings is 1. The molecule has 6 heteroatoms. The van der Waals surface area contributed by atoms with Crippen molar-refractivity contribution in [3.05, 3.63) is 34.6 Å². The molecule has 20 heavy (non-hydrogen) atoms. The van der Waals surface area contributed by atoms with Crippen molar-refractivity contribution in [3.63, 3.8) is 0 Å². The maximum atomic E-state index is 6.22. The zero-order chi connectivity index (χ0) is 14.7. The summed E-state index contributed by atoms with van der Waals surface area (Å²) >= 11 is 6.22. The molecule has 5 nitrogen and oxygen atoms in total. The second kappa shape index (κ2) is 6.05. The molecular formula is C14H18ClN3O2. The lowest BCUT2D eigenvalue weighted by Crippen LogP contribution is -2.06. The Hall–Kier alpha value is -1.88. The Morgan fingerprint density at radius 2 is 1.80 bits per heavy atom. The molecule has 2 rings (SSSR count). The van der Waals surface area contributed by atoms with Gasteiger partial charge in [0.25, 0.3) is 0 Å². The molecule has 0 aliphatic heterocycles. The summed E-state index contributed by atoms with van der Waals surface area (Å²) in [5.41, 5.74) is 2.66. The van der Waals surface area contributed by atoms with Crippen molar-refractivity contribution in [2.24, 2.45) is 7.05 Å². The lowest BCUT2D eigenvalue weighted by molar-refractivity contribution is 0.394. The molecule has 0 spiro atoms. The highest BCUT2D eigenvalue weighted by Crippen LogP contribution is 2.27. The zero-order valence-corrected chi connectivity index (χ0v) is 12.8. The average molecular weight is 296 g/mol. The Bertz CT molecular complexity index is 588. The molecule has 0 saturated carbocycles. The number of aryl methyl sites for hydroxylation is 2. The SMILES string of the molecule is COc1cc(NCc2c(Cl)c(C)nn2C)cc(OC)c1. The average Bonchev–Trinajstić information content (AvgIpc) is 2.69. The molecule has 108 valence electrons. The van der Waals surface area contributed by atoms with Gasteiger partial charge >= 0.3 is 0 Å². The molecule has 0 unspecified atom stereocenters. The van der Waals surface area contributed by atoms with Crippen molar-refractivity contribution in [1.29, 1.82) is 0 Å². The van der Waals surface area contributed by atoms with Crippen LogP contribution in [-0.2, 0) is 13.6 Å². The van der Waals surface area contributed by atoms with E-state index in [0.717, 1.165) is 28.6 Å². The number of nitrogens with zero attached hydrogens (tertiary/aromatic N) is 2. The van der Waals surface area contributed by atoms with Gasteiger partial charge in [-0.05, 0) is 6.92 Å². The number of methoxy groups -OCH3 is 2. The van der Waals surface area contributed by atoms with Crippen LogP contribution < -0.4 is 14.8 Å². The van der Waals surface area contributed by atoms with Crippen LogP contribution in [0.3, 0.4) is 0 Å². The molecule has 2 aromatic rings. The van der Waals surface area contributed by atoms with E-state index in [9.17, 15) is 0 Å². The third kappa shape index (κ3) is 2.99. The van der Waals surface area contributed by atoms with E-state index in [1.807, 2.05) is 32.2 Å². The van der Waals surface area contributed by atoms with Gasteiger partial charge in [0.1, 0.15) is 11.5 Å². The smallest absolute Gasteiger partial charge is 0.124 e. The van der Waals surface area contributed by atoms with Crippen molar-refractivity contribution in [2.75, 3.05) is 19.5 Å².